The highest BCUT2D eigenvalue weighted by atomic mass is 32.2. The maximum atomic E-state index is 12.0. The van der Waals surface area contributed by atoms with Gasteiger partial charge in [0.25, 0.3) is 0 Å². The highest BCUT2D eigenvalue weighted by Gasteiger charge is 2.40. The Hall–Kier alpha value is -2.47. The van der Waals surface area contributed by atoms with E-state index in [1.165, 1.54) is 5.56 Å². The molecule has 0 radical (unpaired) electrons. The van der Waals surface area contributed by atoms with Gasteiger partial charge in [0.05, 0.1) is 0 Å². The van der Waals surface area contributed by atoms with Crippen LogP contribution >= 0.6 is 0 Å². The van der Waals surface area contributed by atoms with Crippen LogP contribution < -0.4 is 10.6 Å². The molecule has 5 nitrogen and oxygen atoms in total. The van der Waals surface area contributed by atoms with Gasteiger partial charge in [0, 0.05) is 39.6 Å². The van der Waals surface area contributed by atoms with E-state index >= 15 is 0 Å². The van der Waals surface area contributed by atoms with Gasteiger partial charge in [-0.15, -0.1) is 0 Å². The summed E-state index contributed by atoms with van der Waals surface area (Å²) in [5.41, 5.74) is 1.62. The quantitative estimate of drug-likeness (QED) is 0.835. The van der Waals surface area contributed by atoms with Gasteiger partial charge in [0.15, 0.2) is 0 Å². The molecule has 2 N–H and O–H groups in total. The zero-order valence-electron chi connectivity index (χ0n) is 13.2. The molecule has 0 heterocycles. The molecule has 0 unspecified atom stereocenters. The molecular weight excluding hydrogens is 324 g/mol. The van der Waals surface area contributed by atoms with E-state index in [0.29, 0.717) is 10.6 Å². The minimum atomic E-state index is -1.14. The molecule has 0 spiro atoms. The van der Waals surface area contributed by atoms with Crippen LogP contribution in [0.5, 0.6) is 0 Å². The van der Waals surface area contributed by atoms with Gasteiger partial charge in [0.2, 0.25) is 0 Å². The fourth-order valence-corrected chi connectivity index (χ4v) is 3.16. The summed E-state index contributed by atoms with van der Waals surface area (Å²) in [7, 11) is -1.14. The van der Waals surface area contributed by atoms with E-state index in [9.17, 15) is 13.8 Å². The maximum absolute atomic E-state index is 12.0. The first-order valence-electron chi connectivity index (χ1n) is 7.65. The summed E-state index contributed by atoms with van der Waals surface area (Å²) in [4.78, 5) is 24.6. The van der Waals surface area contributed by atoms with Gasteiger partial charge >= 0.3 is 11.8 Å². The van der Waals surface area contributed by atoms with Crippen LogP contribution in [0, 0.1) is 0 Å². The molecule has 1 fully saturated rings. The van der Waals surface area contributed by atoms with Crippen molar-refractivity contribution in [3.8, 4) is 0 Å². The fraction of sp³-hybridized carbons (Fsp3) is 0.222. The van der Waals surface area contributed by atoms with Gasteiger partial charge in [-0.1, -0.05) is 36.4 Å². The molecule has 0 bridgehead atoms. The standard InChI is InChI=1S/C18H18N2O3S/c1-24(23)14-9-5-8-13(10-14)19-17(21)18(22)20-16-11-15(16)12-6-3-2-4-7-12/h2-10,15-16H,11H2,1H3,(H,19,21)(H,20,22)/t15-,16+,24-/m1/s1. The van der Waals surface area contributed by atoms with Crippen LogP contribution in [0.4, 0.5) is 5.69 Å². The molecule has 2 aromatic rings. The first-order valence-corrected chi connectivity index (χ1v) is 9.20. The number of anilines is 1. The van der Waals surface area contributed by atoms with Crippen molar-refractivity contribution in [2.75, 3.05) is 11.6 Å². The Labute approximate surface area is 142 Å². The lowest BCUT2D eigenvalue weighted by atomic mass is 10.1. The van der Waals surface area contributed by atoms with Crippen molar-refractivity contribution in [3.05, 3.63) is 60.2 Å². The van der Waals surface area contributed by atoms with Crippen LogP contribution in [0.1, 0.15) is 17.9 Å². The summed E-state index contributed by atoms with van der Waals surface area (Å²) in [5, 5.41) is 5.29. The first-order chi connectivity index (χ1) is 11.5. The predicted molar refractivity (Wildman–Crippen MR) is 93.1 cm³/mol. The summed E-state index contributed by atoms with van der Waals surface area (Å²) in [6.45, 7) is 0. The Morgan fingerprint density at radius 3 is 2.50 bits per heavy atom. The Morgan fingerprint density at radius 2 is 1.79 bits per heavy atom. The highest BCUT2D eigenvalue weighted by molar-refractivity contribution is 7.84. The number of amides is 2. The molecule has 0 aromatic heterocycles. The predicted octanol–water partition coefficient (Wildman–Crippen LogP) is 2.03. The molecular formula is C18H18N2O3S. The zero-order valence-corrected chi connectivity index (χ0v) is 14.0. The van der Waals surface area contributed by atoms with Gasteiger partial charge in [-0.3, -0.25) is 13.8 Å². The van der Waals surface area contributed by atoms with Crippen LogP contribution in [0.25, 0.3) is 0 Å². The molecule has 2 aromatic carbocycles. The number of hydrogen-bond acceptors (Lipinski definition) is 3. The Kier molecular flexibility index (Phi) is 4.76. The number of carbonyl (C=O) groups excluding carboxylic acids is 2. The lowest BCUT2D eigenvalue weighted by Gasteiger charge is -2.07. The Balaban J connectivity index is 1.55. The van der Waals surface area contributed by atoms with Gasteiger partial charge in [0.1, 0.15) is 0 Å². The van der Waals surface area contributed by atoms with E-state index < -0.39 is 22.6 Å². The van der Waals surface area contributed by atoms with E-state index in [1.54, 1.807) is 30.5 Å². The SMILES string of the molecule is C[S@@](=O)c1cccc(NC(=O)C(=O)N[C@H]2C[C@@H]2c2ccccc2)c1. The second kappa shape index (κ2) is 6.97. The number of carbonyl (C=O) groups is 2. The molecule has 1 aliphatic rings. The van der Waals surface area contributed by atoms with Crippen LogP contribution in [0.15, 0.2) is 59.5 Å². The average Bonchev–Trinajstić information content (AvgIpc) is 3.35. The topological polar surface area (TPSA) is 75.3 Å². The maximum Gasteiger partial charge on any atom is 0.313 e. The second-order valence-electron chi connectivity index (χ2n) is 5.77. The second-order valence-corrected chi connectivity index (χ2v) is 7.15. The summed E-state index contributed by atoms with van der Waals surface area (Å²) in [5.74, 6) is -1.09. The minimum Gasteiger partial charge on any atom is -0.344 e. The molecule has 1 saturated carbocycles. The summed E-state index contributed by atoms with van der Waals surface area (Å²) in [6.07, 6.45) is 2.40. The van der Waals surface area contributed by atoms with Crippen LogP contribution in [0.2, 0.25) is 0 Å². The number of nitrogens with one attached hydrogen (secondary N) is 2. The lowest BCUT2D eigenvalue weighted by Crippen LogP contribution is -2.37. The minimum absolute atomic E-state index is 0.000120. The number of rotatable bonds is 4. The summed E-state index contributed by atoms with van der Waals surface area (Å²) in [6, 6.07) is 16.6. The Morgan fingerprint density at radius 1 is 1.04 bits per heavy atom. The number of benzene rings is 2. The van der Waals surface area contributed by atoms with Gasteiger partial charge in [-0.25, -0.2) is 0 Å². The molecule has 24 heavy (non-hydrogen) atoms. The number of hydrogen-bond donors (Lipinski definition) is 2. The third-order valence-electron chi connectivity index (χ3n) is 3.96. The third-order valence-corrected chi connectivity index (χ3v) is 4.88. The van der Waals surface area contributed by atoms with E-state index in [-0.39, 0.29) is 12.0 Å². The molecule has 6 heteroatoms. The van der Waals surface area contributed by atoms with Crippen molar-refractivity contribution in [2.45, 2.75) is 23.3 Å². The van der Waals surface area contributed by atoms with E-state index in [4.69, 9.17) is 0 Å². The third kappa shape index (κ3) is 3.89. The largest absolute Gasteiger partial charge is 0.344 e. The van der Waals surface area contributed by atoms with E-state index in [2.05, 4.69) is 10.6 Å². The van der Waals surface area contributed by atoms with Crippen LogP contribution in [-0.2, 0) is 20.4 Å². The van der Waals surface area contributed by atoms with Crippen LogP contribution in [0.3, 0.4) is 0 Å². The van der Waals surface area contributed by atoms with Gasteiger partial charge in [-0.2, -0.15) is 0 Å². The van der Waals surface area contributed by atoms with Crippen molar-refractivity contribution in [1.29, 1.82) is 0 Å². The molecule has 1 aliphatic carbocycles. The average molecular weight is 342 g/mol. The normalized spacial score (nSPS) is 20.0. The monoisotopic (exact) mass is 342 g/mol. The highest BCUT2D eigenvalue weighted by Crippen LogP contribution is 2.40. The molecule has 0 saturated heterocycles. The van der Waals surface area contributed by atoms with Crippen molar-refractivity contribution >= 4 is 28.3 Å². The van der Waals surface area contributed by atoms with Crippen molar-refractivity contribution in [1.82, 2.24) is 5.32 Å². The molecule has 3 rings (SSSR count). The molecule has 0 aliphatic heterocycles. The van der Waals surface area contributed by atoms with E-state index in [0.717, 1.165) is 6.42 Å². The summed E-state index contributed by atoms with van der Waals surface area (Å²) >= 11 is 0. The first kappa shape index (κ1) is 16.4. The van der Waals surface area contributed by atoms with Gasteiger partial charge < -0.3 is 10.6 Å². The lowest BCUT2D eigenvalue weighted by molar-refractivity contribution is -0.136. The van der Waals surface area contributed by atoms with E-state index in [1.807, 2.05) is 30.3 Å². The van der Waals surface area contributed by atoms with Gasteiger partial charge in [-0.05, 0) is 30.2 Å². The Bertz CT molecular complexity index is 792. The fourth-order valence-electron chi connectivity index (χ4n) is 2.60. The molecule has 124 valence electrons. The molecule has 2 amide bonds. The van der Waals surface area contributed by atoms with Crippen molar-refractivity contribution < 1.29 is 13.8 Å². The molecule has 3 atom stereocenters. The smallest absolute Gasteiger partial charge is 0.313 e. The summed E-state index contributed by atoms with van der Waals surface area (Å²) < 4.78 is 11.5. The van der Waals surface area contributed by atoms with Crippen molar-refractivity contribution in [2.24, 2.45) is 0 Å². The zero-order chi connectivity index (χ0) is 17.1. The van der Waals surface area contributed by atoms with Crippen molar-refractivity contribution in [3.63, 3.8) is 0 Å². The van der Waals surface area contributed by atoms with Crippen LogP contribution in [-0.4, -0.2) is 28.3 Å².